The average molecular weight is 337 g/mol. The molecule has 0 radical (unpaired) electrons. The minimum absolute atomic E-state index is 0. The van der Waals surface area contributed by atoms with Crippen molar-refractivity contribution in [3.63, 3.8) is 0 Å². The Morgan fingerprint density at radius 3 is 1.92 bits per heavy atom. The molecule has 6 nitrogen and oxygen atoms in total. The SMILES string of the molecule is OC[C@H]1OC(O)[C@H](O)[C@@H](O)[C@@H]1O.[Gd]. The fraction of sp³-hybridized carbons (Fsp3) is 1.00. The summed E-state index contributed by atoms with van der Waals surface area (Å²) in [5.41, 5.74) is 0. The molecule has 0 aromatic carbocycles. The van der Waals surface area contributed by atoms with Crippen molar-refractivity contribution in [3.05, 3.63) is 0 Å². The number of hydrogen-bond donors (Lipinski definition) is 5. The summed E-state index contributed by atoms with van der Waals surface area (Å²) in [5, 5.41) is 44.7. The number of aliphatic hydroxyl groups is 5. The molecular weight excluding hydrogens is 325 g/mol. The molecule has 13 heavy (non-hydrogen) atoms. The van der Waals surface area contributed by atoms with Gasteiger partial charge >= 0.3 is 0 Å². The summed E-state index contributed by atoms with van der Waals surface area (Å²) in [6.45, 7) is -0.526. The van der Waals surface area contributed by atoms with Crippen molar-refractivity contribution < 1.29 is 70.2 Å². The van der Waals surface area contributed by atoms with E-state index in [0.717, 1.165) is 0 Å². The van der Waals surface area contributed by atoms with Crippen LogP contribution in [0.15, 0.2) is 0 Å². The standard InChI is InChI=1S/C6H12O6.Gd/c7-1-2-3(8)4(9)5(10)6(11)12-2;/h2-11H,1H2;/t2-,3-,4+,5-,6?;/m1./s1. The molecule has 0 aromatic rings. The Bertz CT molecular complexity index is 151. The van der Waals surface area contributed by atoms with E-state index >= 15 is 0 Å². The molecule has 0 aliphatic carbocycles. The molecule has 0 spiro atoms. The minimum Gasteiger partial charge on any atom is -0.394 e. The van der Waals surface area contributed by atoms with Crippen LogP contribution in [0.5, 0.6) is 0 Å². The van der Waals surface area contributed by atoms with E-state index in [4.69, 9.17) is 25.5 Å². The number of rotatable bonds is 1. The summed E-state index contributed by atoms with van der Waals surface area (Å²) < 4.78 is 4.58. The van der Waals surface area contributed by atoms with Gasteiger partial charge in [-0.1, -0.05) is 0 Å². The molecule has 1 aliphatic rings. The second-order valence-corrected chi connectivity index (χ2v) is 2.72. The van der Waals surface area contributed by atoms with E-state index in [-0.39, 0.29) is 39.9 Å². The second kappa shape index (κ2) is 5.84. The van der Waals surface area contributed by atoms with E-state index in [0.29, 0.717) is 0 Å². The van der Waals surface area contributed by atoms with Gasteiger partial charge in [-0.3, -0.25) is 0 Å². The molecule has 0 aromatic heterocycles. The first-order valence-electron chi connectivity index (χ1n) is 3.56. The first-order valence-corrected chi connectivity index (χ1v) is 3.56. The molecule has 1 unspecified atom stereocenters. The van der Waals surface area contributed by atoms with Crippen molar-refractivity contribution in [2.75, 3.05) is 6.61 Å². The van der Waals surface area contributed by atoms with Gasteiger partial charge in [0.1, 0.15) is 24.4 Å². The second-order valence-electron chi connectivity index (χ2n) is 2.72. The summed E-state index contributed by atoms with van der Waals surface area (Å²) in [4.78, 5) is 0. The van der Waals surface area contributed by atoms with E-state index in [9.17, 15) is 0 Å². The van der Waals surface area contributed by atoms with Crippen LogP contribution in [-0.4, -0.2) is 62.8 Å². The van der Waals surface area contributed by atoms with E-state index in [1.165, 1.54) is 0 Å². The molecule has 80 valence electrons. The van der Waals surface area contributed by atoms with E-state index < -0.39 is 37.3 Å². The Labute approximate surface area is 107 Å². The third kappa shape index (κ3) is 3.02. The smallest absolute Gasteiger partial charge is 0.184 e. The fourth-order valence-corrected chi connectivity index (χ4v) is 1.08. The number of ether oxygens (including phenoxy) is 1. The van der Waals surface area contributed by atoms with Gasteiger partial charge in [0.2, 0.25) is 0 Å². The zero-order valence-electron chi connectivity index (χ0n) is 6.59. The Balaban J connectivity index is 0.00000144. The Morgan fingerprint density at radius 1 is 0.923 bits per heavy atom. The van der Waals surface area contributed by atoms with Crippen LogP contribution in [0, 0.1) is 39.9 Å². The summed E-state index contributed by atoms with van der Waals surface area (Å²) in [7, 11) is 0. The van der Waals surface area contributed by atoms with Crippen LogP contribution in [0.25, 0.3) is 0 Å². The van der Waals surface area contributed by atoms with Gasteiger partial charge in [-0.25, -0.2) is 0 Å². The average Bonchev–Trinajstić information content (AvgIpc) is 2.08. The zero-order chi connectivity index (χ0) is 9.30. The molecule has 1 heterocycles. The van der Waals surface area contributed by atoms with Gasteiger partial charge in [-0.2, -0.15) is 0 Å². The van der Waals surface area contributed by atoms with Crippen molar-refractivity contribution in [1.82, 2.24) is 0 Å². The molecule has 0 bridgehead atoms. The normalized spacial score (nSPS) is 45.5. The first-order chi connectivity index (χ1) is 5.57. The Morgan fingerprint density at radius 2 is 1.46 bits per heavy atom. The maximum Gasteiger partial charge on any atom is 0.184 e. The summed E-state index contributed by atoms with van der Waals surface area (Å²) in [6, 6.07) is 0. The third-order valence-electron chi connectivity index (χ3n) is 1.87. The Hall–Kier alpha value is 1.08. The molecule has 1 saturated heterocycles. The van der Waals surface area contributed by atoms with Crippen LogP contribution in [0.2, 0.25) is 0 Å². The molecule has 7 heteroatoms. The van der Waals surface area contributed by atoms with Crippen molar-refractivity contribution in [2.24, 2.45) is 0 Å². The molecule has 1 rings (SSSR count). The van der Waals surface area contributed by atoms with Gasteiger partial charge in [-0.05, 0) is 0 Å². The maximum atomic E-state index is 9.12. The van der Waals surface area contributed by atoms with E-state index in [1.54, 1.807) is 0 Å². The Kier molecular flexibility index (Phi) is 6.33. The fourth-order valence-electron chi connectivity index (χ4n) is 1.08. The molecule has 5 atom stereocenters. The van der Waals surface area contributed by atoms with Gasteiger partial charge in [0, 0.05) is 39.9 Å². The summed E-state index contributed by atoms with van der Waals surface area (Å²) in [5.74, 6) is 0. The molecule has 5 N–H and O–H groups in total. The molecule has 0 amide bonds. The third-order valence-corrected chi connectivity index (χ3v) is 1.87. The maximum absolute atomic E-state index is 9.12. The van der Waals surface area contributed by atoms with Crippen molar-refractivity contribution in [1.29, 1.82) is 0 Å². The first kappa shape index (κ1) is 14.1. The predicted octanol–water partition coefficient (Wildman–Crippen LogP) is -3.22. The van der Waals surface area contributed by atoms with Crippen molar-refractivity contribution in [3.8, 4) is 0 Å². The van der Waals surface area contributed by atoms with Crippen LogP contribution < -0.4 is 0 Å². The number of hydrogen-bond acceptors (Lipinski definition) is 6. The topological polar surface area (TPSA) is 110 Å². The molecule has 1 fully saturated rings. The minimum atomic E-state index is -1.57. The van der Waals surface area contributed by atoms with Crippen molar-refractivity contribution >= 4 is 0 Å². The van der Waals surface area contributed by atoms with Crippen LogP contribution in [0.3, 0.4) is 0 Å². The molecular formula is C6H12GdO6. The van der Waals surface area contributed by atoms with Crippen LogP contribution in [-0.2, 0) is 4.74 Å². The summed E-state index contributed by atoms with van der Waals surface area (Å²) in [6.07, 6.45) is -7.04. The zero-order valence-corrected chi connectivity index (χ0v) is 8.86. The van der Waals surface area contributed by atoms with E-state index in [1.807, 2.05) is 0 Å². The quantitative estimate of drug-likeness (QED) is 0.344. The van der Waals surface area contributed by atoms with Crippen LogP contribution in [0.4, 0.5) is 0 Å². The van der Waals surface area contributed by atoms with Gasteiger partial charge < -0.3 is 30.3 Å². The monoisotopic (exact) mass is 338 g/mol. The molecule has 1 aliphatic heterocycles. The molecule has 0 saturated carbocycles. The van der Waals surface area contributed by atoms with Gasteiger partial charge in [0.05, 0.1) is 6.61 Å². The number of aliphatic hydroxyl groups excluding tert-OH is 5. The van der Waals surface area contributed by atoms with Crippen LogP contribution >= 0.6 is 0 Å². The predicted molar refractivity (Wildman–Crippen MR) is 36.0 cm³/mol. The largest absolute Gasteiger partial charge is 0.394 e. The van der Waals surface area contributed by atoms with Gasteiger partial charge in [-0.15, -0.1) is 0 Å². The van der Waals surface area contributed by atoms with Gasteiger partial charge in [0.15, 0.2) is 6.29 Å². The van der Waals surface area contributed by atoms with Gasteiger partial charge in [0.25, 0.3) is 0 Å². The van der Waals surface area contributed by atoms with Crippen LogP contribution in [0.1, 0.15) is 0 Å². The summed E-state index contributed by atoms with van der Waals surface area (Å²) >= 11 is 0. The van der Waals surface area contributed by atoms with E-state index in [2.05, 4.69) is 4.74 Å². The van der Waals surface area contributed by atoms with Crippen molar-refractivity contribution in [2.45, 2.75) is 30.7 Å².